The van der Waals surface area contributed by atoms with Crippen LogP contribution in [-0.2, 0) is 0 Å². The molecule has 0 aliphatic carbocycles. The first-order valence-electron chi connectivity index (χ1n) is 9.23. The van der Waals surface area contributed by atoms with Crippen LogP contribution >= 0.6 is 0 Å². The van der Waals surface area contributed by atoms with Crippen LogP contribution in [0.15, 0.2) is 73.1 Å². The van der Waals surface area contributed by atoms with Gasteiger partial charge in [-0.15, -0.1) is 0 Å². The highest BCUT2D eigenvalue weighted by Crippen LogP contribution is 2.35. The molecule has 0 aliphatic heterocycles. The van der Waals surface area contributed by atoms with Crippen molar-refractivity contribution in [3.05, 3.63) is 90.0 Å². The Morgan fingerprint density at radius 1 is 0.897 bits per heavy atom. The molecular weight excluding hydrogens is 367 g/mol. The fourth-order valence-electron chi connectivity index (χ4n) is 3.46. The van der Waals surface area contributed by atoms with Crippen LogP contribution in [0, 0.1) is 5.82 Å². The number of nitrogens with one attached hydrogen (secondary N) is 2. The zero-order valence-electron chi connectivity index (χ0n) is 15.6. The summed E-state index contributed by atoms with van der Waals surface area (Å²) < 4.78 is 14.0. The topological polar surface area (TPSA) is 109 Å². The zero-order chi connectivity index (χ0) is 20.2. The van der Waals surface area contributed by atoms with Gasteiger partial charge < -0.3 is 11.5 Å². The number of nitrogen functional groups attached to an aromatic ring is 1. The zero-order valence-corrected chi connectivity index (χ0v) is 15.6. The summed E-state index contributed by atoms with van der Waals surface area (Å²) >= 11 is 0. The molecule has 0 radical (unpaired) electrons. The third-order valence-electron chi connectivity index (χ3n) is 4.91. The van der Waals surface area contributed by atoms with Crippen LogP contribution in [0.4, 0.5) is 10.1 Å². The fraction of sp³-hybridized carbons (Fsp3) is 0.0909. The van der Waals surface area contributed by atoms with Gasteiger partial charge in [-0.25, -0.2) is 4.39 Å². The predicted octanol–water partition coefficient (Wildman–Crippen LogP) is 3.94. The number of hydrogen-bond acceptors (Lipinski definition) is 4. The van der Waals surface area contributed by atoms with Gasteiger partial charge in [-0.05, 0) is 17.2 Å². The van der Waals surface area contributed by atoms with Crippen molar-refractivity contribution in [1.82, 2.24) is 20.4 Å². The highest BCUT2D eigenvalue weighted by molar-refractivity contribution is 5.88. The molecule has 1 unspecified atom stereocenters. The first kappa shape index (κ1) is 18.6. The maximum absolute atomic E-state index is 14.0. The van der Waals surface area contributed by atoms with E-state index >= 15 is 0 Å². The van der Waals surface area contributed by atoms with E-state index in [0.29, 0.717) is 17.6 Å². The van der Waals surface area contributed by atoms with E-state index in [1.807, 2.05) is 60.8 Å². The molecule has 0 fully saturated rings. The highest BCUT2D eigenvalue weighted by Gasteiger charge is 2.21. The summed E-state index contributed by atoms with van der Waals surface area (Å²) in [5.41, 5.74) is 15.4. The van der Waals surface area contributed by atoms with Gasteiger partial charge >= 0.3 is 0 Å². The average molecular weight is 388 g/mol. The maximum Gasteiger partial charge on any atom is 0.148 e. The smallest absolute Gasteiger partial charge is 0.148 e. The first-order valence-corrected chi connectivity index (χ1v) is 9.23. The molecule has 0 bridgehead atoms. The van der Waals surface area contributed by atoms with Crippen LogP contribution < -0.4 is 11.5 Å². The molecule has 1 atom stereocenters. The van der Waals surface area contributed by atoms with Gasteiger partial charge in [0.05, 0.1) is 29.1 Å². The molecule has 2 aromatic heterocycles. The predicted molar refractivity (Wildman–Crippen MR) is 114 cm³/mol. The lowest BCUT2D eigenvalue weighted by atomic mass is 9.88. The minimum atomic E-state index is -0.453. The van der Waals surface area contributed by atoms with Crippen molar-refractivity contribution in [2.75, 3.05) is 12.3 Å². The number of H-pyrrole nitrogens is 2. The van der Waals surface area contributed by atoms with Crippen LogP contribution in [0.2, 0.25) is 0 Å². The van der Waals surface area contributed by atoms with Crippen LogP contribution in [0.25, 0.3) is 21.8 Å². The molecule has 5 aromatic rings. The first-order chi connectivity index (χ1) is 14.2. The minimum absolute atomic E-state index is 0.137. The Kier molecular flexibility index (Phi) is 5.22. The maximum atomic E-state index is 14.0. The van der Waals surface area contributed by atoms with Gasteiger partial charge in [-0.3, -0.25) is 10.2 Å². The normalized spacial score (nSPS) is 11.9. The van der Waals surface area contributed by atoms with E-state index < -0.39 is 5.82 Å². The van der Waals surface area contributed by atoms with Crippen molar-refractivity contribution >= 4 is 27.5 Å². The van der Waals surface area contributed by atoms with Gasteiger partial charge in [0.15, 0.2) is 0 Å². The summed E-state index contributed by atoms with van der Waals surface area (Å²) in [6, 6.07) is 19.1. The number of fused-ring (bicyclic) bond motifs is 2. The lowest BCUT2D eigenvalue weighted by Gasteiger charge is -2.19. The van der Waals surface area contributed by atoms with Gasteiger partial charge in [0.2, 0.25) is 0 Å². The van der Waals surface area contributed by atoms with E-state index in [0.717, 1.165) is 21.9 Å². The summed E-state index contributed by atoms with van der Waals surface area (Å²) in [5.74, 6) is -0.613. The molecule has 0 saturated heterocycles. The number of aromatic amines is 2. The summed E-state index contributed by atoms with van der Waals surface area (Å²) in [4.78, 5) is 0. The summed E-state index contributed by atoms with van der Waals surface area (Å²) in [6.07, 6.45) is 3.47. The second kappa shape index (κ2) is 8.12. The van der Waals surface area contributed by atoms with Crippen LogP contribution in [-0.4, -0.2) is 26.9 Å². The Balaban J connectivity index is 0.000000188. The van der Waals surface area contributed by atoms with Gasteiger partial charge in [0.25, 0.3) is 0 Å². The quantitative estimate of drug-likeness (QED) is 0.351. The number of para-hydroxylation sites is 1. The van der Waals surface area contributed by atoms with Gasteiger partial charge in [0, 0.05) is 29.3 Å². The van der Waals surface area contributed by atoms with Crippen molar-refractivity contribution in [2.24, 2.45) is 5.73 Å². The molecule has 146 valence electrons. The van der Waals surface area contributed by atoms with Gasteiger partial charge in [-0.1, -0.05) is 48.5 Å². The Labute approximate surface area is 166 Å². The summed E-state index contributed by atoms with van der Waals surface area (Å²) in [7, 11) is 0. The van der Waals surface area contributed by atoms with Crippen molar-refractivity contribution in [3.8, 4) is 0 Å². The van der Waals surface area contributed by atoms with Crippen LogP contribution in [0.3, 0.4) is 0 Å². The van der Waals surface area contributed by atoms with E-state index in [2.05, 4.69) is 20.4 Å². The Morgan fingerprint density at radius 3 is 2.34 bits per heavy atom. The Morgan fingerprint density at radius 2 is 1.59 bits per heavy atom. The van der Waals surface area contributed by atoms with Crippen LogP contribution in [0.5, 0.6) is 0 Å². The molecule has 6 N–H and O–H groups in total. The summed E-state index contributed by atoms with van der Waals surface area (Å²) in [6.45, 7) is 0.345. The molecule has 0 aliphatic rings. The van der Waals surface area contributed by atoms with Crippen LogP contribution in [0.1, 0.15) is 17.0 Å². The molecule has 2 heterocycles. The number of anilines is 1. The minimum Gasteiger partial charge on any atom is -0.396 e. The number of nitrogens with two attached hydrogens (primary N) is 2. The monoisotopic (exact) mass is 388 g/mol. The average Bonchev–Trinajstić information content (AvgIpc) is 3.41. The third kappa shape index (κ3) is 3.68. The lowest BCUT2D eigenvalue weighted by molar-refractivity contribution is 0.630. The largest absolute Gasteiger partial charge is 0.396 e. The highest BCUT2D eigenvalue weighted by atomic mass is 19.1. The van der Waals surface area contributed by atoms with Crippen molar-refractivity contribution in [2.45, 2.75) is 5.92 Å². The molecule has 5 rings (SSSR count). The van der Waals surface area contributed by atoms with E-state index in [9.17, 15) is 4.39 Å². The van der Waals surface area contributed by atoms with Crippen molar-refractivity contribution in [3.63, 3.8) is 0 Å². The third-order valence-corrected chi connectivity index (χ3v) is 4.91. The van der Waals surface area contributed by atoms with E-state index in [-0.39, 0.29) is 11.6 Å². The molecule has 0 saturated carbocycles. The number of hydrogen-bond donors (Lipinski definition) is 4. The standard InChI is InChI=1S/C15H15FN4.C7H6N2/c16-12-6-13-11(8-19-20-13)14(15(12)18)10(7-17)9-4-2-1-3-5-9;1-2-4-7-6(3-1)5-8-9-7/h1-6,8,10H,7,17-18H2,(H,19,20);1-5H,(H,8,9). The van der Waals surface area contributed by atoms with E-state index in [1.165, 1.54) is 6.07 Å². The molecule has 29 heavy (non-hydrogen) atoms. The summed E-state index contributed by atoms with van der Waals surface area (Å²) in [5, 5.41) is 15.5. The Bertz CT molecular complexity index is 1200. The van der Waals surface area contributed by atoms with Crippen molar-refractivity contribution < 1.29 is 4.39 Å². The number of halogens is 1. The molecular formula is C22H21FN6. The number of rotatable bonds is 3. The number of nitrogens with zero attached hydrogens (tertiary/aromatic N) is 2. The Hall–Kier alpha value is -3.71. The van der Waals surface area contributed by atoms with E-state index in [4.69, 9.17) is 11.5 Å². The number of benzene rings is 3. The molecule has 7 heteroatoms. The van der Waals surface area contributed by atoms with E-state index in [1.54, 1.807) is 6.20 Å². The fourth-order valence-corrected chi connectivity index (χ4v) is 3.46. The SMILES string of the molecule is NCC(c1ccccc1)c1c(N)c(F)cc2[nH]ncc12.c1ccc2[nH]ncc2c1. The molecule has 0 amide bonds. The van der Waals surface area contributed by atoms with Gasteiger partial charge in [0.1, 0.15) is 5.82 Å². The molecule has 3 aromatic carbocycles. The van der Waals surface area contributed by atoms with Gasteiger partial charge in [-0.2, -0.15) is 10.2 Å². The second-order valence-electron chi connectivity index (χ2n) is 6.67. The number of aromatic nitrogens is 4. The molecule has 6 nitrogen and oxygen atoms in total. The second-order valence-corrected chi connectivity index (χ2v) is 6.67. The molecule has 0 spiro atoms. The lowest BCUT2D eigenvalue weighted by Crippen LogP contribution is -2.16. The van der Waals surface area contributed by atoms with Crippen molar-refractivity contribution in [1.29, 1.82) is 0 Å².